The molecular formula is C58H110O6. The minimum absolute atomic E-state index is 0.0659. The maximum absolute atomic E-state index is 12.8. The fourth-order valence-corrected chi connectivity index (χ4v) is 8.68. The molecule has 0 aromatic rings. The van der Waals surface area contributed by atoms with E-state index in [0.29, 0.717) is 19.3 Å². The summed E-state index contributed by atoms with van der Waals surface area (Å²) in [5.41, 5.74) is 0. The van der Waals surface area contributed by atoms with Gasteiger partial charge < -0.3 is 14.2 Å². The normalized spacial score (nSPS) is 12.0. The molecule has 0 aromatic heterocycles. The van der Waals surface area contributed by atoms with Crippen LogP contribution in [0.2, 0.25) is 0 Å². The maximum atomic E-state index is 12.8. The van der Waals surface area contributed by atoms with Crippen LogP contribution in [0, 0.1) is 0 Å². The van der Waals surface area contributed by atoms with Crippen molar-refractivity contribution >= 4 is 17.9 Å². The summed E-state index contributed by atoms with van der Waals surface area (Å²) in [6, 6.07) is 0. The number of hydrogen-bond donors (Lipinski definition) is 0. The quantitative estimate of drug-likeness (QED) is 0.0262. The molecule has 1 unspecified atom stereocenters. The van der Waals surface area contributed by atoms with Gasteiger partial charge in [-0.1, -0.05) is 270 Å². The molecule has 1 atom stereocenters. The molecule has 0 rings (SSSR count). The number of unbranched alkanes of at least 4 members (excludes halogenated alkanes) is 40. The zero-order valence-corrected chi connectivity index (χ0v) is 43.3. The second kappa shape index (κ2) is 53.8. The molecule has 0 amide bonds. The first-order valence-corrected chi connectivity index (χ1v) is 28.7. The van der Waals surface area contributed by atoms with Crippen LogP contribution in [0.3, 0.4) is 0 Å². The van der Waals surface area contributed by atoms with Gasteiger partial charge in [-0.15, -0.1) is 0 Å². The van der Waals surface area contributed by atoms with Crippen LogP contribution in [-0.4, -0.2) is 37.2 Å². The van der Waals surface area contributed by atoms with Crippen molar-refractivity contribution in [1.82, 2.24) is 0 Å². The van der Waals surface area contributed by atoms with Gasteiger partial charge in [-0.2, -0.15) is 0 Å². The predicted molar refractivity (Wildman–Crippen MR) is 275 cm³/mol. The molecule has 0 spiro atoms. The molecule has 6 nitrogen and oxygen atoms in total. The largest absolute Gasteiger partial charge is 0.462 e. The van der Waals surface area contributed by atoms with Crippen molar-refractivity contribution in [3.8, 4) is 0 Å². The molecule has 64 heavy (non-hydrogen) atoms. The summed E-state index contributed by atoms with van der Waals surface area (Å²) in [5, 5.41) is 0. The molecule has 0 N–H and O–H groups in total. The highest BCUT2D eigenvalue weighted by Crippen LogP contribution is 2.17. The molecule has 0 saturated heterocycles. The molecule has 0 aliphatic rings. The molecule has 0 saturated carbocycles. The van der Waals surface area contributed by atoms with E-state index in [-0.39, 0.29) is 31.1 Å². The van der Waals surface area contributed by atoms with Gasteiger partial charge in [0.2, 0.25) is 0 Å². The first-order valence-electron chi connectivity index (χ1n) is 28.7. The Morgan fingerprint density at radius 3 is 0.781 bits per heavy atom. The number of carbonyl (C=O) groups is 3. The SMILES string of the molecule is CCCCCCCC/C=C\CCCCCCCCCCCC(=O)OC(COC(=O)CCCCCCCC)COC(=O)CCCCCCCCCCCCCCCCCCCCCCC. The zero-order valence-electron chi connectivity index (χ0n) is 43.3. The standard InChI is InChI=1S/C58H110O6/c1-4-7-10-13-16-18-20-22-24-26-28-29-31-32-34-36-38-40-42-45-48-51-57(60)63-54-55(53-62-56(59)50-47-44-15-12-9-6-3)64-58(61)52-49-46-43-41-39-37-35-33-30-27-25-23-21-19-17-14-11-8-5-2/h23,25,55H,4-22,24,26-54H2,1-3H3/b25-23-. The highest BCUT2D eigenvalue weighted by molar-refractivity contribution is 5.71. The van der Waals surface area contributed by atoms with Crippen LogP contribution >= 0.6 is 0 Å². The molecular weight excluding hydrogens is 793 g/mol. The average Bonchev–Trinajstić information content (AvgIpc) is 3.29. The second-order valence-corrected chi connectivity index (χ2v) is 19.6. The van der Waals surface area contributed by atoms with Crippen LogP contribution in [0.15, 0.2) is 12.2 Å². The van der Waals surface area contributed by atoms with Crippen LogP contribution in [-0.2, 0) is 28.6 Å². The lowest BCUT2D eigenvalue weighted by atomic mass is 10.0. The van der Waals surface area contributed by atoms with Gasteiger partial charge in [0, 0.05) is 19.3 Å². The summed E-state index contributed by atoms with van der Waals surface area (Å²) in [6.45, 7) is 6.63. The van der Waals surface area contributed by atoms with Gasteiger partial charge in [0.15, 0.2) is 6.10 Å². The number of carbonyl (C=O) groups excluding carboxylic acids is 3. The fourth-order valence-electron chi connectivity index (χ4n) is 8.68. The molecule has 0 radical (unpaired) electrons. The third-order valence-electron chi connectivity index (χ3n) is 13.0. The van der Waals surface area contributed by atoms with E-state index in [0.717, 1.165) is 57.8 Å². The van der Waals surface area contributed by atoms with Crippen LogP contribution in [0.1, 0.15) is 323 Å². The number of ether oxygens (including phenoxy) is 3. The lowest BCUT2D eigenvalue weighted by molar-refractivity contribution is -0.167. The number of rotatable bonds is 53. The Hall–Kier alpha value is -1.85. The monoisotopic (exact) mass is 903 g/mol. The Morgan fingerprint density at radius 2 is 0.516 bits per heavy atom. The summed E-state index contributed by atoms with van der Waals surface area (Å²) < 4.78 is 16.8. The first kappa shape index (κ1) is 62.1. The van der Waals surface area contributed by atoms with Gasteiger partial charge in [-0.3, -0.25) is 14.4 Å². The van der Waals surface area contributed by atoms with Gasteiger partial charge >= 0.3 is 17.9 Å². The van der Waals surface area contributed by atoms with Crippen molar-refractivity contribution < 1.29 is 28.6 Å². The molecule has 0 aliphatic carbocycles. The number of esters is 3. The lowest BCUT2D eigenvalue weighted by Crippen LogP contribution is -2.30. The molecule has 0 fully saturated rings. The van der Waals surface area contributed by atoms with E-state index in [1.165, 1.54) is 225 Å². The number of allylic oxidation sites excluding steroid dienone is 2. The van der Waals surface area contributed by atoms with E-state index < -0.39 is 6.10 Å². The van der Waals surface area contributed by atoms with Gasteiger partial charge in [0.05, 0.1) is 0 Å². The van der Waals surface area contributed by atoms with Crippen molar-refractivity contribution in [1.29, 1.82) is 0 Å². The Balaban J connectivity index is 4.09. The third-order valence-corrected chi connectivity index (χ3v) is 13.0. The van der Waals surface area contributed by atoms with E-state index in [9.17, 15) is 14.4 Å². The van der Waals surface area contributed by atoms with Gasteiger partial charge in [0.25, 0.3) is 0 Å². The molecule has 6 heteroatoms. The van der Waals surface area contributed by atoms with E-state index in [2.05, 4.69) is 32.9 Å². The van der Waals surface area contributed by atoms with Crippen molar-refractivity contribution in [3.63, 3.8) is 0 Å². The average molecular weight is 904 g/mol. The molecule has 378 valence electrons. The summed E-state index contributed by atoms with van der Waals surface area (Å²) in [4.78, 5) is 37.9. The summed E-state index contributed by atoms with van der Waals surface area (Å²) in [7, 11) is 0. The highest BCUT2D eigenvalue weighted by atomic mass is 16.6. The van der Waals surface area contributed by atoms with Crippen LogP contribution in [0.25, 0.3) is 0 Å². The predicted octanol–water partition coefficient (Wildman–Crippen LogP) is 18.9. The Morgan fingerprint density at radius 1 is 0.297 bits per heavy atom. The van der Waals surface area contributed by atoms with Crippen LogP contribution < -0.4 is 0 Å². The van der Waals surface area contributed by atoms with Crippen molar-refractivity contribution in [2.75, 3.05) is 13.2 Å². The smallest absolute Gasteiger partial charge is 0.306 e. The maximum Gasteiger partial charge on any atom is 0.306 e. The lowest BCUT2D eigenvalue weighted by Gasteiger charge is -2.18. The van der Waals surface area contributed by atoms with E-state index >= 15 is 0 Å². The minimum atomic E-state index is -0.763. The number of hydrogen-bond acceptors (Lipinski definition) is 6. The topological polar surface area (TPSA) is 78.9 Å². The third kappa shape index (κ3) is 51.1. The Labute approximate surface area is 399 Å². The van der Waals surface area contributed by atoms with E-state index in [1.807, 2.05) is 0 Å². The summed E-state index contributed by atoms with van der Waals surface area (Å²) in [5.74, 6) is -0.857. The van der Waals surface area contributed by atoms with Crippen LogP contribution in [0.5, 0.6) is 0 Å². The fraction of sp³-hybridized carbons (Fsp3) is 0.914. The summed E-state index contributed by atoms with van der Waals surface area (Å²) >= 11 is 0. The molecule has 0 aromatic carbocycles. The van der Waals surface area contributed by atoms with E-state index in [1.54, 1.807) is 0 Å². The van der Waals surface area contributed by atoms with Gasteiger partial charge in [0.1, 0.15) is 13.2 Å². The molecule has 0 heterocycles. The minimum Gasteiger partial charge on any atom is -0.462 e. The van der Waals surface area contributed by atoms with Crippen molar-refractivity contribution in [2.45, 2.75) is 329 Å². The zero-order chi connectivity index (χ0) is 46.5. The van der Waals surface area contributed by atoms with Crippen molar-refractivity contribution in [3.05, 3.63) is 12.2 Å². The van der Waals surface area contributed by atoms with E-state index in [4.69, 9.17) is 14.2 Å². The molecule has 0 aliphatic heterocycles. The second-order valence-electron chi connectivity index (χ2n) is 19.6. The van der Waals surface area contributed by atoms with Gasteiger partial charge in [-0.25, -0.2) is 0 Å². The first-order chi connectivity index (χ1) is 31.5. The summed E-state index contributed by atoms with van der Waals surface area (Å²) in [6.07, 6.45) is 60.9. The van der Waals surface area contributed by atoms with Crippen LogP contribution in [0.4, 0.5) is 0 Å². The van der Waals surface area contributed by atoms with Crippen molar-refractivity contribution in [2.24, 2.45) is 0 Å². The van der Waals surface area contributed by atoms with Gasteiger partial charge in [-0.05, 0) is 44.9 Å². The Bertz CT molecular complexity index is 993. The highest BCUT2D eigenvalue weighted by Gasteiger charge is 2.19. The Kier molecular flexibility index (Phi) is 52.2. The molecule has 0 bridgehead atoms.